The van der Waals surface area contributed by atoms with Gasteiger partial charge < -0.3 is 9.47 Å². The number of esters is 2. The summed E-state index contributed by atoms with van der Waals surface area (Å²) in [6.07, 6.45) is 0.0308. The Balaban J connectivity index is 1.02. The first-order chi connectivity index (χ1) is 24.6. The molecular formula is C42H30N4O4. The van der Waals surface area contributed by atoms with Crippen molar-refractivity contribution in [1.82, 2.24) is 19.9 Å². The average Bonchev–Trinajstić information content (AvgIpc) is 3.16. The second-order valence-electron chi connectivity index (χ2n) is 11.4. The van der Waals surface area contributed by atoms with Crippen LogP contribution in [0.2, 0.25) is 0 Å². The summed E-state index contributed by atoms with van der Waals surface area (Å²) in [5, 5.41) is 0. The van der Waals surface area contributed by atoms with Crippen molar-refractivity contribution in [1.29, 1.82) is 0 Å². The van der Waals surface area contributed by atoms with Gasteiger partial charge in [0.25, 0.3) is 0 Å². The molecule has 0 unspecified atom stereocenters. The van der Waals surface area contributed by atoms with E-state index in [-0.39, 0.29) is 24.6 Å². The fraction of sp³-hybridized carbons (Fsp3) is 0.0476. The van der Waals surface area contributed by atoms with Gasteiger partial charge in [-0.1, -0.05) is 146 Å². The van der Waals surface area contributed by atoms with E-state index in [1.165, 1.54) is 0 Å². The molecule has 0 radical (unpaired) electrons. The van der Waals surface area contributed by atoms with Gasteiger partial charge in [-0.05, 0) is 11.1 Å². The van der Waals surface area contributed by atoms with Crippen molar-refractivity contribution in [3.8, 4) is 57.1 Å². The van der Waals surface area contributed by atoms with E-state index in [1.807, 2.05) is 121 Å². The summed E-state index contributed by atoms with van der Waals surface area (Å²) < 4.78 is 11.4. The lowest BCUT2D eigenvalue weighted by molar-refractivity contribution is -0.134. The lowest BCUT2D eigenvalue weighted by atomic mass is 10.1. The number of carbonyl (C=O) groups is 2. The summed E-state index contributed by atoms with van der Waals surface area (Å²) in [6, 6.07) is 48.9. The molecule has 0 bridgehead atoms. The molecule has 0 aliphatic heterocycles. The second kappa shape index (κ2) is 15.0. The van der Waals surface area contributed by atoms with Crippen molar-refractivity contribution >= 4 is 11.9 Å². The summed E-state index contributed by atoms with van der Waals surface area (Å²) in [4.78, 5) is 44.5. The van der Waals surface area contributed by atoms with Gasteiger partial charge in [0.15, 0.2) is 11.6 Å². The zero-order valence-corrected chi connectivity index (χ0v) is 26.8. The molecule has 0 saturated carbocycles. The molecule has 0 amide bonds. The number of rotatable bonds is 10. The lowest BCUT2D eigenvalue weighted by Crippen LogP contribution is -2.14. The molecular weight excluding hydrogens is 624 g/mol. The standard InChI is InChI=1S/C42H30N4O4/c47-39(49-37-27-35(31-13-5-1-6-14-31)43-41(45-37)33-17-9-3-10-18-33)25-29-21-23-30(24-22-29)26-40(48)50-38-28-36(32-15-7-2-8-16-32)44-42(46-38)34-19-11-4-12-20-34/h1-24,27-28H,25-26H2. The van der Waals surface area contributed by atoms with E-state index in [1.54, 1.807) is 36.4 Å². The maximum Gasteiger partial charge on any atom is 0.316 e. The van der Waals surface area contributed by atoms with E-state index in [0.717, 1.165) is 33.4 Å². The van der Waals surface area contributed by atoms with Crippen LogP contribution in [0.5, 0.6) is 11.8 Å². The summed E-state index contributed by atoms with van der Waals surface area (Å²) in [7, 11) is 0. The Bertz CT molecular complexity index is 1950. The summed E-state index contributed by atoms with van der Waals surface area (Å²) in [6.45, 7) is 0. The Kier molecular flexibility index (Phi) is 9.51. The maximum absolute atomic E-state index is 13.0. The fourth-order valence-corrected chi connectivity index (χ4v) is 5.31. The molecule has 7 aromatic rings. The van der Waals surface area contributed by atoms with Crippen LogP contribution in [0.25, 0.3) is 45.3 Å². The number of aromatic nitrogens is 4. The topological polar surface area (TPSA) is 104 Å². The van der Waals surface area contributed by atoms with Crippen LogP contribution in [0.3, 0.4) is 0 Å². The predicted octanol–water partition coefficient (Wildman–Crippen LogP) is 8.23. The Hall–Kier alpha value is -6.80. The van der Waals surface area contributed by atoms with E-state index in [2.05, 4.69) is 9.97 Å². The number of hydrogen-bond donors (Lipinski definition) is 0. The molecule has 0 saturated heterocycles. The molecule has 50 heavy (non-hydrogen) atoms. The largest absolute Gasteiger partial charge is 0.407 e. The number of carbonyl (C=O) groups excluding carboxylic acids is 2. The Morgan fingerprint density at radius 1 is 0.400 bits per heavy atom. The van der Waals surface area contributed by atoms with Crippen LogP contribution >= 0.6 is 0 Å². The molecule has 0 N–H and O–H groups in total. The van der Waals surface area contributed by atoms with Crippen molar-refractivity contribution in [3.63, 3.8) is 0 Å². The Morgan fingerprint density at radius 2 is 0.720 bits per heavy atom. The highest BCUT2D eigenvalue weighted by atomic mass is 16.5. The predicted molar refractivity (Wildman–Crippen MR) is 191 cm³/mol. The van der Waals surface area contributed by atoms with E-state index >= 15 is 0 Å². The van der Waals surface area contributed by atoms with Crippen molar-refractivity contribution < 1.29 is 19.1 Å². The summed E-state index contributed by atoms with van der Waals surface area (Å²) in [5.41, 5.74) is 6.13. The van der Waals surface area contributed by atoms with Crippen molar-refractivity contribution in [2.45, 2.75) is 12.8 Å². The van der Waals surface area contributed by atoms with Crippen molar-refractivity contribution in [2.75, 3.05) is 0 Å². The monoisotopic (exact) mass is 654 g/mol. The maximum atomic E-state index is 13.0. The van der Waals surface area contributed by atoms with Crippen LogP contribution in [0.1, 0.15) is 11.1 Å². The third-order valence-corrected chi connectivity index (χ3v) is 7.77. The molecule has 8 nitrogen and oxygen atoms in total. The van der Waals surface area contributed by atoms with Gasteiger partial charge in [0.1, 0.15) is 0 Å². The zero-order valence-electron chi connectivity index (χ0n) is 26.8. The third-order valence-electron chi connectivity index (χ3n) is 7.77. The van der Waals surface area contributed by atoms with Gasteiger partial charge in [-0.25, -0.2) is 9.97 Å². The molecule has 0 fully saturated rings. The minimum atomic E-state index is -0.471. The third kappa shape index (κ3) is 8.00. The molecule has 8 heteroatoms. The molecule has 7 rings (SSSR count). The Labute approximate surface area is 289 Å². The Morgan fingerprint density at radius 3 is 1.06 bits per heavy atom. The minimum absolute atomic E-state index is 0.0154. The highest BCUT2D eigenvalue weighted by Crippen LogP contribution is 2.27. The van der Waals surface area contributed by atoms with Gasteiger partial charge in [0.05, 0.1) is 24.2 Å². The molecule has 0 aliphatic rings. The highest BCUT2D eigenvalue weighted by Gasteiger charge is 2.16. The van der Waals surface area contributed by atoms with Gasteiger partial charge >= 0.3 is 11.9 Å². The molecule has 0 atom stereocenters. The summed E-state index contributed by atoms with van der Waals surface area (Å²) >= 11 is 0. The lowest BCUT2D eigenvalue weighted by Gasteiger charge is -2.10. The number of ether oxygens (including phenoxy) is 2. The normalized spacial score (nSPS) is 10.7. The first-order valence-electron chi connectivity index (χ1n) is 16.0. The van der Waals surface area contributed by atoms with Crippen molar-refractivity contribution in [3.05, 3.63) is 169 Å². The first kappa shape index (κ1) is 31.8. The second-order valence-corrected chi connectivity index (χ2v) is 11.4. The van der Waals surface area contributed by atoms with Crippen LogP contribution in [0, 0.1) is 0 Å². The molecule has 0 spiro atoms. The number of hydrogen-bond acceptors (Lipinski definition) is 8. The smallest absolute Gasteiger partial charge is 0.316 e. The molecule has 242 valence electrons. The number of nitrogens with zero attached hydrogens (tertiary/aromatic N) is 4. The highest BCUT2D eigenvalue weighted by molar-refractivity contribution is 5.77. The first-order valence-corrected chi connectivity index (χ1v) is 16.0. The van der Waals surface area contributed by atoms with Crippen LogP contribution in [0.15, 0.2) is 158 Å². The van der Waals surface area contributed by atoms with Gasteiger partial charge in [0, 0.05) is 34.4 Å². The van der Waals surface area contributed by atoms with Crippen LogP contribution in [0.4, 0.5) is 0 Å². The zero-order chi connectivity index (χ0) is 34.1. The van der Waals surface area contributed by atoms with Gasteiger partial charge in [-0.15, -0.1) is 0 Å². The van der Waals surface area contributed by atoms with Crippen molar-refractivity contribution in [2.24, 2.45) is 0 Å². The minimum Gasteiger partial charge on any atom is -0.407 e. The van der Waals surface area contributed by atoms with Crippen LogP contribution in [-0.2, 0) is 22.4 Å². The van der Waals surface area contributed by atoms with Gasteiger partial charge in [0.2, 0.25) is 11.8 Å². The van der Waals surface area contributed by atoms with E-state index in [9.17, 15) is 9.59 Å². The van der Waals surface area contributed by atoms with Crippen LogP contribution < -0.4 is 9.47 Å². The molecule has 2 heterocycles. The fourth-order valence-electron chi connectivity index (χ4n) is 5.31. The SMILES string of the molecule is O=C(Cc1ccc(CC(=O)Oc2cc(-c3ccccc3)nc(-c3ccccc3)n2)cc1)Oc1cc(-c2ccccc2)nc(-c2ccccc2)n1. The van der Waals surface area contributed by atoms with E-state index in [4.69, 9.17) is 19.4 Å². The van der Waals surface area contributed by atoms with Gasteiger partial charge in [-0.3, -0.25) is 9.59 Å². The average molecular weight is 655 g/mol. The quantitative estimate of drug-likeness (QED) is 0.136. The van der Waals surface area contributed by atoms with E-state index < -0.39 is 11.9 Å². The molecule has 5 aromatic carbocycles. The van der Waals surface area contributed by atoms with Crippen LogP contribution in [-0.4, -0.2) is 31.9 Å². The van der Waals surface area contributed by atoms with E-state index in [0.29, 0.717) is 23.0 Å². The molecule has 2 aromatic heterocycles. The van der Waals surface area contributed by atoms with Gasteiger partial charge in [-0.2, -0.15) is 9.97 Å². The molecule has 0 aliphatic carbocycles. The summed E-state index contributed by atoms with van der Waals surface area (Å²) in [5.74, 6) is 0.304. The number of benzene rings is 5.